The number of amides is 1. The standard InChI is InChI=1S/C15H16F3N3O2/c1-11(21-7-6-19-10-21)14(22)20-13-4-2-12(3-5-13)8-23-9-15(16,17)18/h2-7,10-11H,8-9H2,1H3,(H,20,22). The van der Waals surface area contributed by atoms with E-state index in [0.29, 0.717) is 11.3 Å². The molecule has 0 aliphatic heterocycles. The number of hydrogen-bond acceptors (Lipinski definition) is 3. The van der Waals surface area contributed by atoms with Gasteiger partial charge in [0.2, 0.25) is 5.91 Å². The van der Waals surface area contributed by atoms with Crippen LogP contribution in [0.25, 0.3) is 0 Å². The number of rotatable bonds is 6. The summed E-state index contributed by atoms with van der Waals surface area (Å²) < 4.78 is 42.2. The van der Waals surface area contributed by atoms with Crippen LogP contribution in [0.2, 0.25) is 0 Å². The average molecular weight is 327 g/mol. The molecule has 0 aliphatic rings. The number of nitrogens with zero attached hydrogens (tertiary/aromatic N) is 2. The van der Waals surface area contributed by atoms with Crippen LogP contribution in [0.4, 0.5) is 18.9 Å². The Kier molecular flexibility index (Phi) is 5.38. The summed E-state index contributed by atoms with van der Waals surface area (Å²) in [7, 11) is 0. The molecule has 1 N–H and O–H groups in total. The molecule has 1 aromatic heterocycles. The third-order valence-electron chi connectivity index (χ3n) is 3.11. The van der Waals surface area contributed by atoms with Crippen molar-refractivity contribution in [3.8, 4) is 0 Å². The molecular formula is C15H16F3N3O2. The Morgan fingerprint density at radius 2 is 2.04 bits per heavy atom. The highest BCUT2D eigenvalue weighted by molar-refractivity contribution is 5.93. The van der Waals surface area contributed by atoms with Crippen molar-refractivity contribution in [3.63, 3.8) is 0 Å². The first-order valence-corrected chi connectivity index (χ1v) is 6.87. The van der Waals surface area contributed by atoms with E-state index >= 15 is 0 Å². The highest BCUT2D eigenvalue weighted by Gasteiger charge is 2.27. The zero-order chi connectivity index (χ0) is 16.9. The monoisotopic (exact) mass is 327 g/mol. The summed E-state index contributed by atoms with van der Waals surface area (Å²) in [6.45, 7) is 0.309. The summed E-state index contributed by atoms with van der Waals surface area (Å²) in [6.07, 6.45) is 0.480. The minimum atomic E-state index is -4.34. The van der Waals surface area contributed by atoms with Gasteiger partial charge in [0.25, 0.3) is 0 Å². The SMILES string of the molecule is CC(C(=O)Nc1ccc(COCC(F)(F)F)cc1)n1ccnc1. The largest absolute Gasteiger partial charge is 0.411 e. The fourth-order valence-corrected chi connectivity index (χ4v) is 1.85. The zero-order valence-corrected chi connectivity index (χ0v) is 12.4. The van der Waals surface area contributed by atoms with Gasteiger partial charge in [0.1, 0.15) is 12.6 Å². The molecule has 1 aromatic carbocycles. The second-order valence-corrected chi connectivity index (χ2v) is 4.98. The molecule has 0 bridgehead atoms. The molecule has 0 saturated heterocycles. The minimum absolute atomic E-state index is 0.140. The van der Waals surface area contributed by atoms with Crippen LogP contribution in [-0.2, 0) is 16.1 Å². The van der Waals surface area contributed by atoms with Crippen molar-refractivity contribution < 1.29 is 22.7 Å². The number of ether oxygens (including phenoxy) is 1. The summed E-state index contributed by atoms with van der Waals surface area (Å²) in [6, 6.07) is 6.02. The zero-order valence-electron chi connectivity index (χ0n) is 12.4. The lowest BCUT2D eigenvalue weighted by molar-refractivity contribution is -0.176. The van der Waals surface area contributed by atoms with E-state index in [1.54, 1.807) is 54.5 Å². The topological polar surface area (TPSA) is 56.1 Å². The number of aromatic nitrogens is 2. The third kappa shape index (κ3) is 5.41. The summed E-state index contributed by atoms with van der Waals surface area (Å²) in [5.41, 5.74) is 1.15. The van der Waals surface area contributed by atoms with Gasteiger partial charge in [0, 0.05) is 18.1 Å². The van der Waals surface area contributed by atoms with Gasteiger partial charge >= 0.3 is 6.18 Å². The van der Waals surface area contributed by atoms with Crippen LogP contribution < -0.4 is 5.32 Å². The van der Waals surface area contributed by atoms with Crippen LogP contribution in [0.15, 0.2) is 43.0 Å². The maximum absolute atomic E-state index is 12.1. The van der Waals surface area contributed by atoms with Crippen LogP contribution >= 0.6 is 0 Å². The van der Waals surface area contributed by atoms with Crippen LogP contribution in [0, 0.1) is 0 Å². The molecule has 0 aliphatic carbocycles. The first-order chi connectivity index (χ1) is 10.8. The van der Waals surface area contributed by atoms with E-state index in [-0.39, 0.29) is 12.5 Å². The van der Waals surface area contributed by atoms with E-state index < -0.39 is 18.8 Å². The number of benzene rings is 1. The van der Waals surface area contributed by atoms with Gasteiger partial charge in [-0.1, -0.05) is 12.1 Å². The number of carbonyl (C=O) groups excluding carboxylic acids is 1. The molecule has 0 saturated carbocycles. The van der Waals surface area contributed by atoms with Crippen molar-refractivity contribution in [1.82, 2.24) is 9.55 Å². The minimum Gasteiger partial charge on any atom is -0.367 e. The van der Waals surface area contributed by atoms with Gasteiger partial charge in [-0.2, -0.15) is 13.2 Å². The Morgan fingerprint density at radius 1 is 1.35 bits per heavy atom. The van der Waals surface area contributed by atoms with Crippen LogP contribution in [0.3, 0.4) is 0 Å². The third-order valence-corrected chi connectivity index (χ3v) is 3.11. The van der Waals surface area contributed by atoms with E-state index in [0.717, 1.165) is 0 Å². The first-order valence-electron chi connectivity index (χ1n) is 6.87. The Balaban J connectivity index is 1.86. The molecule has 8 heteroatoms. The highest BCUT2D eigenvalue weighted by atomic mass is 19.4. The fourth-order valence-electron chi connectivity index (χ4n) is 1.85. The number of alkyl halides is 3. The molecule has 2 aromatic rings. The van der Waals surface area contributed by atoms with E-state index in [1.165, 1.54) is 0 Å². The molecule has 1 unspecified atom stereocenters. The molecule has 0 spiro atoms. The van der Waals surface area contributed by atoms with E-state index in [2.05, 4.69) is 15.0 Å². The normalized spacial score (nSPS) is 12.9. The lowest BCUT2D eigenvalue weighted by atomic mass is 10.2. The predicted molar refractivity (Wildman–Crippen MR) is 77.7 cm³/mol. The number of anilines is 1. The van der Waals surface area contributed by atoms with Crippen LogP contribution in [0.1, 0.15) is 18.5 Å². The molecule has 0 fully saturated rings. The second kappa shape index (κ2) is 7.28. The summed E-state index contributed by atoms with van der Waals surface area (Å²) in [5, 5.41) is 2.73. The Bertz CT molecular complexity index is 624. The lowest BCUT2D eigenvalue weighted by Crippen LogP contribution is -2.22. The smallest absolute Gasteiger partial charge is 0.367 e. The molecule has 2 rings (SSSR count). The molecule has 0 radical (unpaired) electrons. The summed E-state index contributed by atoms with van der Waals surface area (Å²) in [4.78, 5) is 15.9. The fraction of sp³-hybridized carbons (Fsp3) is 0.333. The number of nitrogens with one attached hydrogen (secondary N) is 1. The molecular weight excluding hydrogens is 311 g/mol. The Labute approximate surface area is 131 Å². The Morgan fingerprint density at radius 3 is 2.61 bits per heavy atom. The average Bonchev–Trinajstić information content (AvgIpc) is 3.01. The second-order valence-electron chi connectivity index (χ2n) is 4.98. The maximum atomic E-state index is 12.1. The maximum Gasteiger partial charge on any atom is 0.411 e. The van der Waals surface area contributed by atoms with Gasteiger partial charge in [-0.05, 0) is 24.6 Å². The Hall–Kier alpha value is -2.35. The van der Waals surface area contributed by atoms with E-state index in [1.807, 2.05) is 0 Å². The van der Waals surface area contributed by atoms with Crippen molar-refractivity contribution >= 4 is 11.6 Å². The first kappa shape index (κ1) is 17.0. The highest BCUT2D eigenvalue weighted by Crippen LogP contribution is 2.17. The molecule has 1 atom stereocenters. The lowest BCUT2D eigenvalue weighted by Gasteiger charge is -2.13. The van der Waals surface area contributed by atoms with E-state index in [4.69, 9.17) is 0 Å². The molecule has 5 nitrogen and oxygen atoms in total. The van der Waals surface area contributed by atoms with Crippen molar-refractivity contribution in [2.45, 2.75) is 25.7 Å². The van der Waals surface area contributed by atoms with Crippen molar-refractivity contribution in [2.24, 2.45) is 0 Å². The van der Waals surface area contributed by atoms with Crippen LogP contribution in [0.5, 0.6) is 0 Å². The van der Waals surface area contributed by atoms with Crippen molar-refractivity contribution in [2.75, 3.05) is 11.9 Å². The molecule has 1 heterocycles. The van der Waals surface area contributed by atoms with E-state index in [9.17, 15) is 18.0 Å². The quantitative estimate of drug-likeness (QED) is 0.887. The van der Waals surface area contributed by atoms with Gasteiger partial charge in [0.05, 0.1) is 12.9 Å². The number of hydrogen-bond donors (Lipinski definition) is 1. The molecule has 23 heavy (non-hydrogen) atoms. The number of imidazole rings is 1. The van der Waals surface area contributed by atoms with Gasteiger partial charge in [-0.25, -0.2) is 4.98 Å². The van der Waals surface area contributed by atoms with Crippen LogP contribution in [-0.4, -0.2) is 28.2 Å². The molecule has 1 amide bonds. The molecule has 124 valence electrons. The number of carbonyl (C=O) groups is 1. The van der Waals surface area contributed by atoms with Gasteiger partial charge in [0.15, 0.2) is 0 Å². The number of halogens is 3. The van der Waals surface area contributed by atoms with Crippen molar-refractivity contribution in [3.05, 3.63) is 48.5 Å². The van der Waals surface area contributed by atoms with Gasteiger partial charge in [-0.15, -0.1) is 0 Å². The van der Waals surface area contributed by atoms with Gasteiger partial charge in [-0.3, -0.25) is 4.79 Å². The summed E-state index contributed by atoms with van der Waals surface area (Å²) >= 11 is 0. The predicted octanol–water partition coefficient (Wildman–Crippen LogP) is 3.16. The van der Waals surface area contributed by atoms with Crippen molar-refractivity contribution in [1.29, 1.82) is 0 Å². The summed E-state index contributed by atoms with van der Waals surface area (Å²) in [5.74, 6) is -0.218. The van der Waals surface area contributed by atoms with Gasteiger partial charge < -0.3 is 14.6 Å².